The lowest BCUT2D eigenvalue weighted by molar-refractivity contribution is 0.151. The van der Waals surface area contributed by atoms with Crippen LogP contribution in [0.5, 0.6) is 0 Å². The Kier molecular flexibility index (Phi) is 2.14. The number of pyridine rings is 1. The van der Waals surface area contributed by atoms with Crippen molar-refractivity contribution in [3.63, 3.8) is 0 Å². The Labute approximate surface area is 80.3 Å². The molecule has 0 N–H and O–H groups in total. The largest absolute Gasteiger partial charge is 0.448 e. The van der Waals surface area contributed by atoms with Crippen molar-refractivity contribution in [3.05, 3.63) is 24.7 Å². The number of fused-ring (bicyclic) bond motifs is 1. The van der Waals surface area contributed by atoms with Crippen LogP contribution in [0.1, 0.15) is 6.92 Å². The lowest BCUT2D eigenvalue weighted by Crippen LogP contribution is -2.14. The molecule has 2 aromatic heterocycles. The molecule has 14 heavy (non-hydrogen) atoms. The zero-order chi connectivity index (χ0) is 9.97. The van der Waals surface area contributed by atoms with Gasteiger partial charge >= 0.3 is 6.09 Å². The van der Waals surface area contributed by atoms with Crippen LogP contribution in [0.25, 0.3) is 10.9 Å². The molecule has 0 aromatic carbocycles. The number of hydrogen-bond donors (Lipinski definition) is 0. The third-order valence-electron chi connectivity index (χ3n) is 1.81. The minimum absolute atomic E-state index is 0.334. The van der Waals surface area contributed by atoms with Gasteiger partial charge in [0.05, 0.1) is 24.5 Å². The summed E-state index contributed by atoms with van der Waals surface area (Å²) in [5.41, 5.74) is 0.658. The van der Waals surface area contributed by atoms with Crippen LogP contribution in [-0.4, -0.2) is 27.5 Å². The molecule has 0 radical (unpaired) electrons. The van der Waals surface area contributed by atoms with Crippen LogP contribution in [0.4, 0.5) is 4.79 Å². The number of carbonyl (C=O) groups is 1. The molecule has 0 saturated heterocycles. The first-order valence-corrected chi connectivity index (χ1v) is 4.28. The highest BCUT2D eigenvalue weighted by atomic mass is 16.5. The van der Waals surface area contributed by atoms with Crippen LogP contribution in [-0.2, 0) is 4.74 Å². The van der Waals surface area contributed by atoms with Gasteiger partial charge in [0.1, 0.15) is 0 Å². The smallest absolute Gasteiger partial charge is 0.435 e. The molecule has 0 aliphatic carbocycles. The highest BCUT2D eigenvalue weighted by molar-refractivity contribution is 5.86. The normalized spacial score (nSPS) is 10.4. The summed E-state index contributed by atoms with van der Waals surface area (Å²) >= 11 is 0. The van der Waals surface area contributed by atoms with E-state index < -0.39 is 6.09 Å². The van der Waals surface area contributed by atoms with Gasteiger partial charge in [-0.15, -0.1) is 0 Å². The molecule has 0 unspecified atom stereocenters. The Morgan fingerprint density at radius 2 is 2.43 bits per heavy atom. The Balaban J connectivity index is 2.47. The topological polar surface area (TPSA) is 57.0 Å². The van der Waals surface area contributed by atoms with Gasteiger partial charge in [0.2, 0.25) is 0 Å². The number of carbonyl (C=O) groups excluding carboxylic acids is 1. The van der Waals surface area contributed by atoms with Crippen molar-refractivity contribution in [2.75, 3.05) is 6.61 Å². The fraction of sp³-hybridized carbons (Fsp3) is 0.222. The van der Waals surface area contributed by atoms with Gasteiger partial charge in [0.15, 0.2) is 0 Å². The zero-order valence-electron chi connectivity index (χ0n) is 7.67. The third kappa shape index (κ3) is 1.32. The first kappa shape index (κ1) is 8.68. The number of aromatic nitrogens is 3. The van der Waals surface area contributed by atoms with Gasteiger partial charge in [-0.05, 0) is 13.0 Å². The van der Waals surface area contributed by atoms with Crippen LogP contribution in [0, 0.1) is 0 Å². The molecule has 2 aromatic rings. The minimum atomic E-state index is -0.476. The molecular formula is C9H9N3O2. The molecule has 5 nitrogen and oxygen atoms in total. The average molecular weight is 191 g/mol. The van der Waals surface area contributed by atoms with Gasteiger partial charge in [0, 0.05) is 11.6 Å². The van der Waals surface area contributed by atoms with Gasteiger partial charge in [-0.2, -0.15) is 9.78 Å². The Bertz CT molecular complexity index is 464. The van der Waals surface area contributed by atoms with Gasteiger partial charge in [-0.3, -0.25) is 4.98 Å². The lowest BCUT2D eigenvalue weighted by atomic mass is 10.3. The van der Waals surface area contributed by atoms with Crippen LogP contribution in [0.15, 0.2) is 24.7 Å². The van der Waals surface area contributed by atoms with Crippen LogP contribution in [0.3, 0.4) is 0 Å². The quantitative estimate of drug-likeness (QED) is 0.684. The van der Waals surface area contributed by atoms with E-state index >= 15 is 0 Å². The van der Waals surface area contributed by atoms with E-state index in [0.29, 0.717) is 12.1 Å². The van der Waals surface area contributed by atoms with Crippen molar-refractivity contribution in [1.82, 2.24) is 14.8 Å². The SMILES string of the molecule is CCOC(=O)n1ncc2ccncc21. The van der Waals surface area contributed by atoms with E-state index in [1.165, 1.54) is 4.68 Å². The second-order valence-corrected chi connectivity index (χ2v) is 2.69. The van der Waals surface area contributed by atoms with E-state index in [4.69, 9.17) is 4.74 Å². The second-order valence-electron chi connectivity index (χ2n) is 2.69. The van der Waals surface area contributed by atoms with E-state index in [1.807, 2.05) is 0 Å². The fourth-order valence-electron chi connectivity index (χ4n) is 1.20. The highest BCUT2D eigenvalue weighted by Gasteiger charge is 2.10. The van der Waals surface area contributed by atoms with Crippen LogP contribution in [0.2, 0.25) is 0 Å². The summed E-state index contributed by atoms with van der Waals surface area (Å²) in [6, 6.07) is 1.79. The standard InChI is InChI=1S/C9H9N3O2/c1-2-14-9(13)12-8-6-10-4-3-7(8)5-11-12/h3-6H,2H2,1H3. The molecule has 0 spiro atoms. The molecule has 0 atom stereocenters. The third-order valence-corrected chi connectivity index (χ3v) is 1.81. The van der Waals surface area contributed by atoms with Gasteiger partial charge in [-0.1, -0.05) is 0 Å². The van der Waals surface area contributed by atoms with Crippen molar-refractivity contribution in [2.24, 2.45) is 0 Å². The number of rotatable bonds is 1. The first-order chi connectivity index (χ1) is 6.83. The molecule has 2 rings (SSSR count). The summed E-state index contributed by atoms with van der Waals surface area (Å²) in [5, 5.41) is 4.78. The van der Waals surface area contributed by atoms with Gasteiger partial charge in [0.25, 0.3) is 0 Å². The fourth-order valence-corrected chi connectivity index (χ4v) is 1.20. The summed E-state index contributed by atoms with van der Waals surface area (Å²) < 4.78 is 6.03. The maximum atomic E-state index is 11.4. The Morgan fingerprint density at radius 3 is 3.21 bits per heavy atom. The molecule has 0 saturated carbocycles. The molecule has 0 amide bonds. The summed E-state index contributed by atoms with van der Waals surface area (Å²) in [7, 11) is 0. The van der Waals surface area contributed by atoms with E-state index in [0.717, 1.165) is 5.39 Å². The molecular weight excluding hydrogens is 182 g/mol. The molecule has 0 bridgehead atoms. The summed E-state index contributed by atoms with van der Waals surface area (Å²) in [4.78, 5) is 15.3. The summed E-state index contributed by atoms with van der Waals surface area (Å²) in [5.74, 6) is 0. The Morgan fingerprint density at radius 1 is 1.57 bits per heavy atom. The van der Waals surface area contributed by atoms with E-state index in [1.54, 1.807) is 31.6 Å². The highest BCUT2D eigenvalue weighted by Crippen LogP contribution is 2.10. The minimum Gasteiger partial charge on any atom is -0.448 e. The maximum absolute atomic E-state index is 11.4. The molecule has 5 heteroatoms. The average Bonchev–Trinajstić information content (AvgIpc) is 2.61. The second kappa shape index (κ2) is 3.45. The molecule has 72 valence electrons. The maximum Gasteiger partial charge on any atom is 0.435 e. The monoisotopic (exact) mass is 191 g/mol. The first-order valence-electron chi connectivity index (χ1n) is 4.28. The van der Waals surface area contributed by atoms with Crippen LogP contribution >= 0.6 is 0 Å². The number of ether oxygens (including phenoxy) is 1. The van der Waals surface area contributed by atoms with Gasteiger partial charge < -0.3 is 4.74 Å². The number of hydrogen-bond acceptors (Lipinski definition) is 4. The van der Waals surface area contributed by atoms with Crippen molar-refractivity contribution in [1.29, 1.82) is 0 Å². The van der Waals surface area contributed by atoms with Crippen LogP contribution < -0.4 is 0 Å². The predicted molar refractivity (Wildman–Crippen MR) is 49.9 cm³/mol. The van der Waals surface area contributed by atoms with E-state index in [2.05, 4.69) is 10.1 Å². The van der Waals surface area contributed by atoms with Crippen molar-refractivity contribution in [3.8, 4) is 0 Å². The molecule has 0 fully saturated rings. The zero-order valence-corrected chi connectivity index (χ0v) is 7.67. The van der Waals surface area contributed by atoms with E-state index in [9.17, 15) is 4.79 Å². The molecule has 0 aliphatic heterocycles. The van der Waals surface area contributed by atoms with Crippen molar-refractivity contribution < 1.29 is 9.53 Å². The van der Waals surface area contributed by atoms with Crippen molar-refractivity contribution in [2.45, 2.75) is 6.92 Å². The van der Waals surface area contributed by atoms with Gasteiger partial charge in [-0.25, -0.2) is 4.79 Å². The Hall–Kier alpha value is -1.91. The van der Waals surface area contributed by atoms with Crippen molar-refractivity contribution >= 4 is 17.0 Å². The van der Waals surface area contributed by atoms with E-state index in [-0.39, 0.29) is 0 Å². The lowest BCUT2D eigenvalue weighted by Gasteiger charge is -2.00. The molecule has 0 aliphatic rings. The molecule has 2 heterocycles. The predicted octanol–water partition coefficient (Wildman–Crippen LogP) is 1.44. The summed E-state index contributed by atoms with van der Waals surface area (Å²) in [6.07, 6.45) is 4.36. The summed E-state index contributed by atoms with van der Waals surface area (Å²) in [6.45, 7) is 2.09. The number of nitrogens with zero attached hydrogens (tertiary/aromatic N) is 3.